The second-order valence-electron chi connectivity index (χ2n) is 4.37. The third-order valence-electron chi connectivity index (χ3n) is 2.81. The van der Waals surface area contributed by atoms with E-state index in [9.17, 15) is 5.11 Å². The normalized spacial score (nSPS) is 31.5. The monoisotopic (exact) mass is 270 g/mol. The number of rotatable bonds is 1. The first-order valence-electron chi connectivity index (χ1n) is 5.16. The van der Waals surface area contributed by atoms with E-state index in [1.807, 2.05) is 31.2 Å². The van der Waals surface area contributed by atoms with Crippen molar-refractivity contribution in [2.24, 2.45) is 0 Å². The van der Waals surface area contributed by atoms with E-state index in [1.165, 1.54) is 0 Å². The van der Waals surface area contributed by atoms with E-state index in [0.717, 1.165) is 16.5 Å². The lowest BCUT2D eigenvalue weighted by Crippen LogP contribution is -2.34. The average molecular weight is 271 g/mol. The standard InChI is InChI=1S/C12H15BrO2/c1-12(14)5-6-15-11(8-12)9-3-2-4-10(13)7-9/h2-4,7,11,14H,5-6,8H2,1H3/t11-,12+/m1/s1. The smallest absolute Gasteiger partial charge is 0.0852 e. The summed E-state index contributed by atoms with van der Waals surface area (Å²) in [5.41, 5.74) is 0.537. The first-order chi connectivity index (χ1) is 7.07. The van der Waals surface area contributed by atoms with Gasteiger partial charge < -0.3 is 9.84 Å². The maximum atomic E-state index is 9.98. The van der Waals surface area contributed by atoms with E-state index < -0.39 is 5.60 Å². The van der Waals surface area contributed by atoms with Crippen LogP contribution in [0.5, 0.6) is 0 Å². The topological polar surface area (TPSA) is 29.5 Å². The highest BCUT2D eigenvalue weighted by atomic mass is 79.9. The Bertz CT molecular complexity index is 349. The summed E-state index contributed by atoms with van der Waals surface area (Å²) < 4.78 is 6.72. The van der Waals surface area contributed by atoms with Gasteiger partial charge in [0.2, 0.25) is 0 Å². The molecular formula is C12H15BrO2. The van der Waals surface area contributed by atoms with E-state index >= 15 is 0 Å². The molecule has 1 N–H and O–H groups in total. The van der Waals surface area contributed by atoms with Gasteiger partial charge in [0.05, 0.1) is 18.3 Å². The van der Waals surface area contributed by atoms with Crippen LogP contribution in [0.4, 0.5) is 0 Å². The van der Waals surface area contributed by atoms with Crippen molar-refractivity contribution >= 4 is 15.9 Å². The predicted molar refractivity (Wildman–Crippen MR) is 62.7 cm³/mol. The molecular weight excluding hydrogens is 256 g/mol. The first kappa shape index (κ1) is 11.1. The van der Waals surface area contributed by atoms with Crippen LogP contribution in [0.1, 0.15) is 31.4 Å². The van der Waals surface area contributed by atoms with Crippen molar-refractivity contribution < 1.29 is 9.84 Å². The van der Waals surface area contributed by atoms with Crippen LogP contribution in [0.3, 0.4) is 0 Å². The number of hydrogen-bond donors (Lipinski definition) is 1. The number of hydrogen-bond acceptors (Lipinski definition) is 2. The Morgan fingerprint density at radius 1 is 1.53 bits per heavy atom. The van der Waals surface area contributed by atoms with E-state index in [1.54, 1.807) is 0 Å². The summed E-state index contributed by atoms with van der Waals surface area (Å²) in [5.74, 6) is 0. The molecule has 0 unspecified atom stereocenters. The molecule has 0 aliphatic carbocycles. The van der Waals surface area contributed by atoms with Gasteiger partial charge in [0.15, 0.2) is 0 Å². The fraction of sp³-hybridized carbons (Fsp3) is 0.500. The average Bonchev–Trinajstić information content (AvgIpc) is 2.16. The minimum absolute atomic E-state index is 0.0197. The van der Waals surface area contributed by atoms with E-state index in [0.29, 0.717) is 13.0 Å². The van der Waals surface area contributed by atoms with Crippen LogP contribution in [-0.4, -0.2) is 17.3 Å². The Balaban J connectivity index is 2.17. The largest absolute Gasteiger partial charge is 0.390 e. The van der Waals surface area contributed by atoms with Crippen LogP contribution >= 0.6 is 15.9 Å². The van der Waals surface area contributed by atoms with Crippen LogP contribution in [0.15, 0.2) is 28.7 Å². The van der Waals surface area contributed by atoms with Gasteiger partial charge in [-0.25, -0.2) is 0 Å². The van der Waals surface area contributed by atoms with E-state index in [2.05, 4.69) is 15.9 Å². The molecule has 2 atom stereocenters. The molecule has 2 rings (SSSR count). The molecule has 0 saturated carbocycles. The van der Waals surface area contributed by atoms with Gasteiger partial charge in [-0.05, 0) is 31.0 Å². The summed E-state index contributed by atoms with van der Waals surface area (Å²) in [6.45, 7) is 2.50. The maximum absolute atomic E-state index is 9.98. The third-order valence-corrected chi connectivity index (χ3v) is 3.30. The second kappa shape index (κ2) is 4.24. The fourth-order valence-electron chi connectivity index (χ4n) is 1.90. The summed E-state index contributed by atoms with van der Waals surface area (Å²) in [4.78, 5) is 0. The van der Waals surface area contributed by atoms with Gasteiger partial charge in [0.1, 0.15) is 0 Å². The van der Waals surface area contributed by atoms with Crippen LogP contribution in [0, 0.1) is 0 Å². The zero-order chi connectivity index (χ0) is 10.9. The highest BCUT2D eigenvalue weighted by molar-refractivity contribution is 9.10. The molecule has 1 aromatic carbocycles. The molecule has 0 bridgehead atoms. The number of halogens is 1. The van der Waals surface area contributed by atoms with Gasteiger partial charge in [0, 0.05) is 10.9 Å². The Labute approximate surface area is 98.4 Å². The molecule has 1 fully saturated rings. The van der Waals surface area contributed by atoms with Crippen LogP contribution < -0.4 is 0 Å². The summed E-state index contributed by atoms with van der Waals surface area (Å²) in [6.07, 6.45) is 1.41. The van der Waals surface area contributed by atoms with Crippen molar-refractivity contribution in [3.8, 4) is 0 Å². The van der Waals surface area contributed by atoms with Crippen molar-refractivity contribution in [1.29, 1.82) is 0 Å². The minimum Gasteiger partial charge on any atom is -0.390 e. The summed E-state index contributed by atoms with van der Waals surface area (Å²) in [7, 11) is 0. The SMILES string of the molecule is C[C@]1(O)CCO[C@@H](c2cccc(Br)c2)C1. The summed E-state index contributed by atoms with van der Waals surface area (Å²) in [5, 5.41) is 9.98. The van der Waals surface area contributed by atoms with Crippen LogP contribution in [-0.2, 0) is 4.74 Å². The lowest BCUT2D eigenvalue weighted by Gasteiger charge is -2.34. The number of ether oxygens (including phenoxy) is 1. The highest BCUT2D eigenvalue weighted by Gasteiger charge is 2.31. The fourth-order valence-corrected chi connectivity index (χ4v) is 2.32. The Hall–Kier alpha value is -0.380. The van der Waals surface area contributed by atoms with Crippen molar-refractivity contribution in [3.05, 3.63) is 34.3 Å². The molecule has 1 saturated heterocycles. The zero-order valence-electron chi connectivity index (χ0n) is 8.74. The van der Waals surface area contributed by atoms with Crippen molar-refractivity contribution in [2.45, 2.75) is 31.5 Å². The van der Waals surface area contributed by atoms with Gasteiger partial charge in [-0.1, -0.05) is 28.1 Å². The van der Waals surface area contributed by atoms with Gasteiger partial charge in [-0.2, -0.15) is 0 Å². The van der Waals surface area contributed by atoms with Gasteiger partial charge in [-0.15, -0.1) is 0 Å². The lowest BCUT2D eigenvalue weighted by atomic mass is 9.89. The number of benzene rings is 1. The van der Waals surface area contributed by atoms with Gasteiger partial charge in [-0.3, -0.25) is 0 Å². The van der Waals surface area contributed by atoms with Crippen molar-refractivity contribution in [3.63, 3.8) is 0 Å². The summed E-state index contributed by atoms with van der Waals surface area (Å²) >= 11 is 3.44. The molecule has 1 aliphatic heterocycles. The maximum Gasteiger partial charge on any atom is 0.0852 e. The first-order valence-corrected chi connectivity index (χ1v) is 5.96. The van der Waals surface area contributed by atoms with Gasteiger partial charge in [0.25, 0.3) is 0 Å². The Morgan fingerprint density at radius 3 is 3.00 bits per heavy atom. The van der Waals surface area contributed by atoms with Crippen LogP contribution in [0.2, 0.25) is 0 Å². The molecule has 3 heteroatoms. The molecule has 1 heterocycles. The van der Waals surface area contributed by atoms with Crippen LogP contribution in [0.25, 0.3) is 0 Å². The Morgan fingerprint density at radius 2 is 2.33 bits per heavy atom. The molecule has 1 aromatic rings. The third kappa shape index (κ3) is 2.80. The molecule has 0 amide bonds. The number of aliphatic hydroxyl groups is 1. The summed E-state index contributed by atoms with van der Waals surface area (Å²) in [6, 6.07) is 8.07. The molecule has 15 heavy (non-hydrogen) atoms. The van der Waals surface area contributed by atoms with E-state index in [-0.39, 0.29) is 6.10 Å². The highest BCUT2D eigenvalue weighted by Crippen LogP contribution is 2.34. The quantitative estimate of drug-likeness (QED) is 0.850. The van der Waals surface area contributed by atoms with Gasteiger partial charge >= 0.3 is 0 Å². The predicted octanol–water partition coefficient (Wildman–Crippen LogP) is 3.05. The van der Waals surface area contributed by atoms with Crippen molar-refractivity contribution in [1.82, 2.24) is 0 Å². The molecule has 1 aliphatic rings. The molecule has 2 nitrogen and oxygen atoms in total. The molecule has 0 radical (unpaired) electrons. The zero-order valence-corrected chi connectivity index (χ0v) is 10.3. The molecule has 0 aromatic heterocycles. The Kier molecular flexibility index (Phi) is 3.14. The second-order valence-corrected chi connectivity index (χ2v) is 5.28. The van der Waals surface area contributed by atoms with Crippen molar-refractivity contribution in [2.75, 3.05) is 6.61 Å². The van der Waals surface area contributed by atoms with E-state index in [4.69, 9.17) is 4.74 Å². The minimum atomic E-state index is -0.592. The molecule has 82 valence electrons. The molecule has 0 spiro atoms. The lowest BCUT2D eigenvalue weighted by molar-refractivity contribution is -0.0952.